The Morgan fingerprint density at radius 3 is 2.71 bits per heavy atom. The minimum atomic E-state index is 0.887. The summed E-state index contributed by atoms with van der Waals surface area (Å²) in [5, 5.41) is 0. The van der Waals surface area contributed by atoms with Crippen molar-refractivity contribution >= 4 is 22.6 Å². The van der Waals surface area contributed by atoms with Crippen LogP contribution in [0.15, 0.2) is 36.8 Å². The van der Waals surface area contributed by atoms with E-state index in [0.29, 0.717) is 0 Å². The van der Waals surface area contributed by atoms with Crippen LogP contribution in [0, 0.1) is 3.57 Å². The van der Waals surface area contributed by atoms with Crippen molar-refractivity contribution in [2.75, 3.05) is 0 Å². The number of aromatic nitrogens is 3. The summed E-state index contributed by atoms with van der Waals surface area (Å²) in [6.45, 7) is 0. The molecule has 0 bridgehead atoms. The molecule has 0 radical (unpaired) electrons. The van der Waals surface area contributed by atoms with E-state index in [1.54, 1.807) is 12.4 Å². The molecule has 2 heterocycles. The van der Waals surface area contributed by atoms with Crippen molar-refractivity contribution in [1.82, 2.24) is 9.97 Å². The van der Waals surface area contributed by atoms with Crippen molar-refractivity contribution < 1.29 is 4.57 Å². The summed E-state index contributed by atoms with van der Waals surface area (Å²) in [6.07, 6.45) is 5.53. The molecule has 0 fully saturated rings. The lowest BCUT2D eigenvalue weighted by atomic mass is 10.3. The number of aryl methyl sites for hydroxylation is 1. The largest absolute Gasteiger partial charge is 0.349 e. The third-order valence-electron chi connectivity index (χ3n) is 1.90. The molecule has 2 aromatic heterocycles. The van der Waals surface area contributed by atoms with Crippen LogP contribution in [0.4, 0.5) is 0 Å². The summed E-state index contributed by atoms with van der Waals surface area (Å²) in [7, 11) is 1.97. The molecule has 0 saturated heterocycles. The highest BCUT2D eigenvalue weighted by atomic mass is 127. The summed E-state index contributed by atoms with van der Waals surface area (Å²) in [6, 6.07) is 5.85. The zero-order chi connectivity index (χ0) is 9.97. The molecule has 0 spiro atoms. The van der Waals surface area contributed by atoms with E-state index in [2.05, 4.69) is 32.6 Å². The summed E-state index contributed by atoms with van der Waals surface area (Å²) >= 11 is 2.26. The quantitative estimate of drug-likeness (QED) is 0.591. The monoisotopic (exact) mass is 298 g/mol. The lowest BCUT2D eigenvalue weighted by Gasteiger charge is -1.98. The van der Waals surface area contributed by atoms with Crippen LogP contribution in [-0.4, -0.2) is 9.97 Å². The van der Waals surface area contributed by atoms with Gasteiger partial charge < -0.3 is 0 Å². The van der Waals surface area contributed by atoms with Gasteiger partial charge in [0.25, 0.3) is 0 Å². The van der Waals surface area contributed by atoms with Gasteiger partial charge in [-0.25, -0.2) is 9.55 Å². The molecule has 0 atom stereocenters. The predicted octanol–water partition coefficient (Wildman–Crippen LogP) is 1.57. The molecule has 14 heavy (non-hydrogen) atoms. The molecule has 2 rings (SSSR count). The van der Waals surface area contributed by atoms with Crippen LogP contribution in [0.1, 0.15) is 0 Å². The number of hydrogen-bond acceptors (Lipinski definition) is 2. The van der Waals surface area contributed by atoms with Crippen LogP contribution in [0.2, 0.25) is 0 Å². The van der Waals surface area contributed by atoms with E-state index in [9.17, 15) is 0 Å². The lowest BCUT2D eigenvalue weighted by Crippen LogP contribution is -2.31. The first-order chi connectivity index (χ1) is 6.79. The van der Waals surface area contributed by atoms with Crippen LogP contribution in [-0.2, 0) is 7.05 Å². The van der Waals surface area contributed by atoms with Crippen molar-refractivity contribution in [2.45, 2.75) is 0 Å². The predicted molar refractivity (Wildman–Crippen MR) is 61.4 cm³/mol. The van der Waals surface area contributed by atoms with E-state index in [1.807, 2.05) is 36.0 Å². The van der Waals surface area contributed by atoms with Crippen LogP contribution in [0.5, 0.6) is 0 Å². The highest BCUT2D eigenvalue weighted by Gasteiger charge is 2.15. The van der Waals surface area contributed by atoms with Crippen molar-refractivity contribution in [2.24, 2.45) is 7.05 Å². The Hall–Kier alpha value is -1.04. The normalized spacial score (nSPS) is 10.1. The van der Waals surface area contributed by atoms with E-state index < -0.39 is 0 Å². The van der Waals surface area contributed by atoms with Crippen molar-refractivity contribution in [3.05, 3.63) is 40.4 Å². The van der Waals surface area contributed by atoms with E-state index in [4.69, 9.17) is 0 Å². The van der Waals surface area contributed by atoms with Gasteiger partial charge in [0.15, 0.2) is 5.69 Å². The Balaban J connectivity index is 2.61. The maximum absolute atomic E-state index is 4.32. The average molecular weight is 298 g/mol. The van der Waals surface area contributed by atoms with Gasteiger partial charge in [-0.05, 0) is 39.7 Å². The zero-order valence-corrected chi connectivity index (χ0v) is 9.84. The minimum absolute atomic E-state index is 0.887. The van der Waals surface area contributed by atoms with Gasteiger partial charge in [-0.2, -0.15) is 0 Å². The van der Waals surface area contributed by atoms with Crippen molar-refractivity contribution in [1.29, 1.82) is 0 Å². The standard InChI is InChI=1S/C10H9IN3/c1-14-7-3-6-13-10(14)9-8(11)4-2-5-12-9/h2-7H,1H3/q+1. The Morgan fingerprint density at radius 2 is 2.00 bits per heavy atom. The second-order valence-electron chi connectivity index (χ2n) is 2.89. The molecule has 3 nitrogen and oxygen atoms in total. The lowest BCUT2D eigenvalue weighted by molar-refractivity contribution is -0.663. The molecule has 0 aromatic carbocycles. The van der Waals surface area contributed by atoms with E-state index in [1.165, 1.54) is 0 Å². The highest BCUT2D eigenvalue weighted by Crippen LogP contribution is 2.16. The number of hydrogen-bond donors (Lipinski definition) is 0. The molecular weight excluding hydrogens is 289 g/mol. The zero-order valence-electron chi connectivity index (χ0n) is 7.68. The number of rotatable bonds is 1. The molecule has 0 amide bonds. The molecule has 70 valence electrons. The number of nitrogens with zero attached hydrogens (tertiary/aromatic N) is 3. The van der Waals surface area contributed by atoms with Gasteiger partial charge >= 0.3 is 5.82 Å². The topological polar surface area (TPSA) is 29.7 Å². The fraction of sp³-hybridized carbons (Fsp3) is 0.100. The van der Waals surface area contributed by atoms with Gasteiger partial charge in [-0.1, -0.05) is 0 Å². The average Bonchev–Trinajstić information content (AvgIpc) is 2.20. The van der Waals surface area contributed by atoms with Gasteiger partial charge in [0, 0.05) is 15.8 Å². The summed E-state index contributed by atoms with van der Waals surface area (Å²) in [4.78, 5) is 8.62. The molecule has 0 aliphatic rings. The molecule has 0 aliphatic carbocycles. The van der Waals surface area contributed by atoms with Crippen molar-refractivity contribution in [3.63, 3.8) is 0 Å². The first-order valence-electron chi connectivity index (χ1n) is 4.20. The molecular formula is C10H9IN3+. The molecule has 2 aromatic rings. The van der Waals surface area contributed by atoms with Crippen LogP contribution in [0.3, 0.4) is 0 Å². The SMILES string of the molecule is C[n+]1cccnc1-c1ncccc1I. The van der Waals surface area contributed by atoms with E-state index in [0.717, 1.165) is 15.1 Å². The Kier molecular flexibility index (Phi) is 2.72. The van der Waals surface area contributed by atoms with Gasteiger partial charge in [0.1, 0.15) is 6.20 Å². The number of halogens is 1. The van der Waals surface area contributed by atoms with Gasteiger partial charge in [0.2, 0.25) is 0 Å². The Morgan fingerprint density at radius 1 is 1.21 bits per heavy atom. The second-order valence-corrected chi connectivity index (χ2v) is 4.05. The van der Waals surface area contributed by atoms with E-state index in [-0.39, 0.29) is 0 Å². The van der Waals surface area contributed by atoms with Gasteiger partial charge in [-0.3, -0.25) is 0 Å². The maximum atomic E-state index is 4.32. The Labute approximate surface area is 96.0 Å². The summed E-state index contributed by atoms with van der Waals surface area (Å²) < 4.78 is 3.07. The first-order valence-corrected chi connectivity index (χ1v) is 5.28. The Bertz CT molecular complexity index is 413. The fourth-order valence-electron chi connectivity index (χ4n) is 1.22. The second kappa shape index (κ2) is 4.00. The van der Waals surface area contributed by atoms with Crippen LogP contribution >= 0.6 is 22.6 Å². The first kappa shape index (κ1) is 9.51. The smallest absolute Gasteiger partial charge is 0.247 e. The molecule has 0 N–H and O–H groups in total. The van der Waals surface area contributed by atoms with Crippen molar-refractivity contribution in [3.8, 4) is 11.5 Å². The molecule has 0 aliphatic heterocycles. The van der Waals surface area contributed by atoms with Crippen LogP contribution in [0.25, 0.3) is 11.5 Å². The molecule has 4 heteroatoms. The maximum Gasteiger partial charge on any atom is 0.349 e. The summed E-state index contributed by atoms with van der Waals surface area (Å²) in [5.74, 6) is 0.887. The molecule has 0 unspecified atom stereocenters. The van der Waals surface area contributed by atoms with Crippen LogP contribution < -0.4 is 4.57 Å². The van der Waals surface area contributed by atoms with Gasteiger partial charge in [-0.15, -0.1) is 0 Å². The summed E-state index contributed by atoms with van der Waals surface area (Å²) in [5.41, 5.74) is 0.927. The van der Waals surface area contributed by atoms with Gasteiger partial charge in [0.05, 0.1) is 13.2 Å². The third kappa shape index (κ3) is 1.75. The third-order valence-corrected chi connectivity index (χ3v) is 2.77. The fourth-order valence-corrected chi connectivity index (χ4v) is 1.81. The minimum Gasteiger partial charge on any atom is -0.247 e. The molecule has 0 saturated carbocycles. The van der Waals surface area contributed by atoms with E-state index >= 15 is 0 Å². The number of pyridine rings is 1. The highest BCUT2D eigenvalue weighted by molar-refractivity contribution is 14.1.